The van der Waals surface area contributed by atoms with E-state index >= 15 is 0 Å². The minimum absolute atomic E-state index is 0.624. The molecular weight excluding hydrogens is 250 g/mol. The number of unbranched alkanes of at least 4 members (excludes halogenated alkanes) is 2. The Morgan fingerprint density at radius 2 is 1.90 bits per heavy atom. The van der Waals surface area contributed by atoms with Crippen LogP contribution in [-0.4, -0.2) is 23.6 Å². The quantitative estimate of drug-likeness (QED) is 0.779. The molecule has 4 nitrogen and oxygen atoms in total. The predicted molar refractivity (Wildman–Crippen MR) is 82.0 cm³/mol. The van der Waals surface area contributed by atoms with E-state index in [1.165, 1.54) is 12.8 Å². The molecule has 0 fully saturated rings. The van der Waals surface area contributed by atoms with Gasteiger partial charge in [0.1, 0.15) is 5.82 Å². The average Bonchev–Trinajstić information content (AvgIpc) is 2.52. The number of nitrogens with zero attached hydrogens (tertiary/aromatic N) is 2. The maximum atomic E-state index is 5.72. The van der Waals surface area contributed by atoms with Crippen molar-refractivity contribution in [2.75, 3.05) is 19.0 Å². The molecule has 106 valence electrons. The van der Waals surface area contributed by atoms with E-state index < -0.39 is 0 Å². The largest absolute Gasteiger partial charge is 0.478 e. The fraction of sp³-hybridized carbons (Fsp3) is 0.375. The van der Waals surface area contributed by atoms with Crippen molar-refractivity contribution in [1.82, 2.24) is 9.97 Å². The van der Waals surface area contributed by atoms with Crippen LogP contribution in [0.1, 0.15) is 26.2 Å². The lowest BCUT2D eigenvalue weighted by Crippen LogP contribution is -2.03. The van der Waals surface area contributed by atoms with Gasteiger partial charge in [-0.2, -0.15) is 4.98 Å². The summed E-state index contributed by atoms with van der Waals surface area (Å²) < 4.78 is 5.72. The van der Waals surface area contributed by atoms with Crippen LogP contribution in [0.15, 0.2) is 36.4 Å². The molecular formula is C16H21N3O. The van der Waals surface area contributed by atoms with Crippen LogP contribution in [0.2, 0.25) is 0 Å². The van der Waals surface area contributed by atoms with E-state index in [9.17, 15) is 0 Å². The third-order valence-electron chi connectivity index (χ3n) is 2.99. The first-order valence-corrected chi connectivity index (χ1v) is 7.08. The van der Waals surface area contributed by atoms with E-state index in [0.29, 0.717) is 18.3 Å². The van der Waals surface area contributed by atoms with Crippen molar-refractivity contribution in [2.45, 2.75) is 26.2 Å². The average molecular weight is 271 g/mol. The summed E-state index contributed by atoms with van der Waals surface area (Å²) in [6.07, 6.45) is 3.41. The summed E-state index contributed by atoms with van der Waals surface area (Å²) in [7, 11) is 1.85. The molecule has 1 aromatic carbocycles. The highest BCUT2D eigenvalue weighted by Crippen LogP contribution is 2.21. The smallest absolute Gasteiger partial charge is 0.219 e. The molecule has 0 amide bonds. The first-order chi connectivity index (χ1) is 9.83. The topological polar surface area (TPSA) is 47.0 Å². The summed E-state index contributed by atoms with van der Waals surface area (Å²) in [5.41, 5.74) is 0.989. The Bertz CT molecular complexity index is 529. The molecule has 0 bridgehead atoms. The molecule has 0 spiro atoms. The van der Waals surface area contributed by atoms with Crippen molar-refractivity contribution in [3.05, 3.63) is 36.4 Å². The van der Waals surface area contributed by atoms with E-state index in [0.717, 1.165) is 17.8 Å². The van der Waals surface area contributed by atoms with Gasteiger partial charge in [0.25, 0.3) is 0 Å². The molecule has 1 N–H and O–H groups in total. The van der Waals surface area contributed by atoms with Crippen LogP contribution in [0.3, 0.4) is 0 Å². The Balaban J connectivity index is 2.16. The van der Waals surface area contributed by atoms with Crippen LogP contribution in [0, 0.1) is 0 Å². The Morgan fingerprint density at radius 1 is 1.10 bits per heavy atom. The normalized spacial score (nSPS) is 10.3. The molecule has 0 aliphatic carbocycles. The summed E-state index contributed by atoms with van der Waals surface area (Å²) in [5, 5.41) is 3.05. The highest BCUT2D eigenvalue weighted by molar-refractivity contribution is 5.58. The van der Waals surface area contributed by atoms with E-state index in [4.69, 9.17) is 4.74 Å². The van der Waals surface area contributed by atoms with Crippen molar-refractivity contribution in [1.29, 1.82) is 0 Å². The molecule has 2 rings (SSSR count). The molecule has 2 aromatic rings. The van der Waals surface area contributed by atoms with Crippen LogP contribution >= 0.6 is 0 Å². The minimum Gasteiger partial charge on any atom is -0.478 e. The van der Waals surface area contributed by atoms with Gasteiger partial charge in [0.15, 0.2) is 5.82 Å². The van der Waals surface area contributed by atoms with Crippen LogP contribution in [-0.2, 0) is 0 Å². The molecule has 0 unspecified atom stereocenters. The second kappa shape index (κ2) is 7.48. The molecule has 4 heteroatoms. The van der Waals surface area contributed by atoms with Gasteiger partial charge in [-0.25, -0.2) is 4.98 Å². The molecule has 20 heavy (non-hydrogen) atoms. The van der Waals surface area contributed by atoms with Gasteiger partial charge in [0.2, 0.25) is 5.88 Å². The van der Waals surface area contributed by atoms with Crippen LogP contribution in [0.4, 0.5) is 5.82 Å². The molecule has 0 aliphatic rings. The van der Waals surface area contributed by atoms with E-state index in [-0.39, 0.29) is 0 Å². The molecule has 1 aromatic heterocycles. The van der Waals surface area contributed by atoms with Gasteiger partial charge in [-0.15, -0.1) is 0 Å². The van der Waals surface area contributed by atoms with Gasteiger partial charge >= 0.3 is 0 Å². The zero-order valence-corrected chi connectivity index (χ0v) is 12.1. The Labute approximate surface area is 120 Å². The number of rotatable bonds is 7. The first-order valence-electron chi connectivity index (χ1n) is 7.08. The maximum Gasteiger partial charge on any atom is 0.219 e. The summed E-state index contributed by atoms with van der Waals surface area (Å²) in [5.74, 6) is 2.08. The lowest BCUT2D eigenvalue weighted by molar-refractivity contribution is 0.295. The predicted octanol–water partition coefficient (Wildman–Crippen LogP) is 3.75. The zero-order chi connectivity index (χ0) is 14.2. The van der Waals surface area contributed by atoms with Crippen molar-refractivity contribution in [2.24, 2.45) is 0 Å². The highest BCUT2D eigenvalue weighted by atomic mass is 16.5. The molecule has 0 aliphatic heterocycles. The van der Waals surface area contributed by atoms with Gasteiger partial charge in [-0.3, -0.25) is 0 Å². The second-order valence-electron chi connectivity index (χ2n) is 4.59. The number of hydrogen-bond donors (Lipinski definition) is 1. The van der Waals surface area contributed by atoms with E-state index in [1.807, 2.05) is 43.4 Å². The minimum atomic E-state index is 0.624. The molecule has 0 saturated carbocycles. The van der Waals surface area contributed by atoms with E-state index in [1.54, 1.807) is 0 Å². The third-order valence-corrected chi connectivity index (χ3v) is 2.99. The number of ether oxygens (including phenoxy) is 1. The summed E-state index contributed by atoms with van der Waals surface area (Å²) in [6, 6.07) is 11.8. The third kappa shape index (κ3) is 3.95. The maximum absolute atomic E-state index is 5.72. The lowest BCUT2D eigenvalue weighted by atomic mass is 10.2. The Kier molecular flexibility index (Phi) is 5.35. The van der Waals surface area contributed by atoms with Crippen molar-refractivity contribution >= 4 is 5.82 Å². The highest BCUT2D eigenvalue weighted by Gasteiger charge is 2.06. The summed E-state index contributed by atoms with van der Waals surface area (Å²) in [6.45, 7) is 2.87. The van der Waals surface area contributed by atoms with E-state index in [2.05, 4.69) is 22.2 Å². The van der Waals surface area contributed by atoms with Crippen molar-refractivity contribution in [3.8, 4) is 17.3 Å². The standard InChI is InChI=1S/C16H21N3O/c1-3-4-8-11-20-15-12-14(17-2)18-16(19-15)13-9-6-5-7-10-13/h5-7,9-10,12H,3-4,8,11H2,1-2H3,(H,17,18,19). The Hall–Kier alpha value is -2.10. The summed E-state index contributed by atoms with van der Waals surface area (Å²) >= 11 is 0. The van der Waals surface area contributed by atoms with Gasteiger partial charge in [-0.1, -0.05) is 50.1 Å². The number of aromatic nitrogens is 2. The molecule has 0 saturated heterocycles. The van der Waals surface area contributed by atoms with Gasteiger partial charge in [0.05, 0.1) is 6.61 Å². The fourth-order valence-corrected chi connectivity index (χ4v) is 1.87. The molecule has 0 atom stereocenters. The second-order valence-corrected chi connectivity index (χ2v) is 4.59. The van der Waals surface area contributed by atoms with Crippen LogP contribution in [0.5, 0.6) is 5.88 Å². The SMILES string of the molecule is CCCCCOc1cc(NC)nc(-c2ccccc2)n1. The molecule has 0 radical (unpaired) electrons. The fourth-order valence-electron chi connectivity index (χ4n) is 1.87. The summed E-state index contributed by atoms with van der Waals surface area (Å²) in [4.78, 5) is 8.94. The first kappa shape index (κ1) is 14.3. The van der Waals surface area contributed by atoms with Crippen molar-refractivity contribution in [3.63, 3.8) is 0 Å². The number of anilines is 1. The molecule has 1 heterocycles. The Morgan fingerprint density at radius 3 is 2.60 bits per heavy atom. The number of benzene rings is 1. The van der Waals surface area contributed by atoms with Crippen LogP contribution in [0.25, 0.3) is 11.4 Å². The van der Waals surface area contributed by atoms with Gasteiger partial charge in [0, 0.05) is 18.7 Å². The number of hydrogen-bond acceptors (Lipinski definition) is 4. The monoisotopic (exact) mass is 271 g/mol. The van der Waals surface area contributed by atoms with Crippen molar-refractivity contribution < 1.29 is 4.74 Å². The van der Waals surface area contributed by atoms with Gasteiger partial charge < -0.3 is 10.1 Å². The van der Waals surface area contributed by atoms with Crippen LogP contribution < -0.4 is 10.1 Å². The zero-order valence-electron chi connectivity index (χ0n) is 12.1. The lowest BCUT2D eigenvalue weighted by Gasteiger charge is -2.09. The van der Waals surface area contributed by atoms with Gasteiger partial charge in [-0.05, 0) is 6.42 Å². The number of nitrogens with one attached hydrogen (secondary N) is 1.